The number of anilines is 2. The number of nitrogens with zero attached hydrogens (tertiary/aromatic N) is 13. The number of nitrogens with one attached hydrogen (secondary N) is 1. The van der Waals surface area contributed by atoms with Crippen molar-refractivity contribution >= 4 is 127 Å². The van der Waals surface area contributed by atoms with Crippen molar-refractivity contribution in [2.24, 2.45) is 4.99 Å². The van der Waals surface area contributed by atoms with Gasteiger partial charge in [-0.3, -0.25) is 37.4 Å². The molecule has 0 aliphatic carbocycles. The van der Waals surface area contributed by atoms with Crippen LogP contribution in [0, 0.1) is 6.92 Å². The van der Waals surface area contributed by atoms with Gasteiger partial charge in [0.1, 0.15) is 23.1 Å². The van der Waals surface area contributed by atoms with E-state index < -0.39 is 59.0 Å². The van der Waals surface area contributed by atoms with Crippen molar-refractivity contribution in [3.8, 4) is 34.7 Å². The number of rotatable bonds is 11. The largest absolute Gasteiger partial charge is 1.00 e. The molecule has 2 amide bonds. The van der Waals surface area contributed by atoms with Crippen LogP contribution in [0.3, 0.4) is 0 Å². The van der Waals surface area contributed by atoms with Crippen molar-refractivity contribution in [1.29, 1.82) is 0 Å². The quantitative estimate of drug-likeness (QED) is 0.0615. The number of carbonyl (C=O) groups is 4. The fraction of sp³-hybridized carbons (Fsp3) is 0.129. The first-order chi connectivity index (χ1) is 50.4. The summed E-state index contributed by atoms with van der Waals surface area (Å²) in [5.74, 6) is -4.35. The molecule has 554 valence electrons. The molecule has 0 aliphatic rings. The normalized spacial score (nSPS) is 11.2. The summed E-state index contributed by atoms with van der Waals surface area (Å²) in [5, 5.41) is 9.74. The number of benzene rings is 7. The molecule has 0 saturated carbocycles. The monoisotopic (exact) mass is 1700 g/mol. The van der Waals surface area contributed by atoms with E-state index in [1.165, 1.54) is 88.3 Å². The SMILES string of the molecule is CCO.COc1ccc2c(c1)nc(C(F)(F)F)n2-c1cn(C(=O)c2ccccc2Br)c(=NC(=O)c2ccccc2Br)cn1.COc1ccc2c(c1)nc(C(F)(F)F)n2-c1cnc(N)cn1.COc1ccc2c(c1)nc(C(F)(F)F)n2-c1cnc(NC(=O)c2ccccc2Br)cn1.Cc1ccccc1C(=O)Cl.[Li+].[OH-]. The molecule has 0 aliphatic heterocycles. The van der Waals surface area contributed by atoms with E-state index in [0.717, 1.165) is 48.6 Å². The van der Waals surface area contributed by atoms with E-state index in [-0.39, 0.29) is 110 Å². The zero-order chi connectivity index (χ0) is 76.9. The molecule has 13 rings (SSSR count). The minimum absolute atomic E-state index is 0. The predicted molar refractivity (Wildman–Crippen MR) is 385 cm³/mol. The molecule has 108 heavy (non-hydrogen) atoms. The van der Waals surface area contributed by atoms with Crippen molar-refractivity contribution in [2.45, 2.75) is 32.4 Å². The molecular weight excluding hydrogens is 1650 g/mol. The van der Waals surface area contributed by atoms with Gasteiger partial charge in [-0.15, -0.1) is 0 Å². The van der Waals surface area contributed by atoms with E-state index >= 15 is 0 Å². The molecule has 0 radical (unpaired) electrons. The number of nitrogens with two attached hydrogens (primary N) is 1. The Labute approximate surface area is 647 Å². The summed E-state index contributed by atoms with van der Waals surface area (Å²) in [5.41, 5.74) is 8.28. The molecule has 0 saturated heterocycles. The molecule has 6 heterocycles. The topological polar surface area (TPSA) is 319 Å². The number of imidazole rings is 3. The number of carbonyl (C=O) groups excluding carboxylic acids is 4. The molecule has 0 spiro atoms. The predicted octanol–water partition coefficient (Wildman–Crippen LogP) is 12.7. The van der Waals surface area contributed by atoms with Crippen LogP contribution < -0.4 is 49.6 Å². The van der Waals surface area contributed by atoms with Crippen LogP contribution in [0.25, 0.3) is 50.6 Å². The van der Waals surface area contributed by atoms with Crippen LogP contribution in [0.2, 0.25) is 0 Å². The van der Waals surface area contributed by atoms with Crippen LogP contribution in [0.15, 0.2) is 207 Å². The molecule has 6 aromatic heterocycles. The Balaban J connectivity index is 0.000000212. The van der Waals surface area contributed by atoms with Crippen molar-refractivity contribution < 1.29 is 102 Å². The first kappa shape index (κ1) is 84.5. The third kappa shape index (κ3) is 20.1. The van der Waals surface area contributed by atoms with Gasteiger partial charge in [-0.05, 0) is 158 Å². The van der Waals surface area contributed by atoms with E-state index in [2.05, 4.69) is 98.0 Å². The summed E-state index contributed by atoms with van der Waals surface area (Å²) in [7, 11) is 4.22. The number of aliphatic hydroxyl groups is 1. The van der Waals surface area contributed by atoms with Crippen molar-refractivity contribution in [3.05, 3.63) is 253 Å². The number of nitrogen functional groups attached to an aromatic ring is 1. The zero-order valence-electron chi connectivity index (χ0n) is 56.7. The summed E-state index contributed by atoms with van der Waals surface area (Å²) in [6.45, 7) is 3.79. The van der Waals surface area contributed by atoms with Gasteiger partial charge in [-0.25, -0.2) is 39.9 Å². The van der Waals surface area contributed by atoms with Gasteiger partial charge in [0, 0.05) is 43.8 Å². The number of fused-ring (bicyclic) bond motifs is 3. The minimum Gasteiger partial charge on any atom is -0.870 e. The Morgan fingerprint density at radius 3 is 1.28 bits per heavy atom. The van der Waals surface area contributed by atoms with E-state index in [1.54, 1.807) is 91.9 Å². The number of hydrogen-bond donors (Lipinski definition) is 3. The first-order valence-electron chi connectivity index (χ1n) is 30.3. The van der Waals surface area contributed by atoms with Gasteiger partial charge in [-0.2, -0.15) is 44.5 Å². The van der Waals surface area contributed by atoms with E-state index in [0.29, 0.717) is 41.8 Å². The molecule has 38 heteroatoms. The number of alkyl halides is 9. The molecule has 7 aromatic carbocycles. The van der Waals surface area contributed by atoms with E-state index in [4.69, 9.17) is 36.7 Å². The van der Waals surface area contributed by atoms with Crippen LogP contribution in [-0.4, -0.2) is 120 Å². The van der Waals surface area contributed by atoms with Gasteiger partial charge < -0.3 is 35.8 Å². The van der Waals surface area contributed by atoms with Gasteiger partial charge in [0.15, 0.2) is 28.8 Å². The van der Waals surface area contributed by atoms with Crippen molar-refractivity contribution in [1.82, 2.24) is 58.1 Å². The minimum atomic E-state index is -4.86. The zero-order valence-corrected chi connectivity index (χ0v) is 62.2. The Bertz CT molecular complexity index is 5480. The summed E-state index contributed by atoms with van der Waals surface area (Å²) in [6, 6.07) is 40.2. The maximum absolute atomic E-state index is 14.1. The number of ether oxygens (including phenoxy) is 3. The second kappa shape index (κ2) is 36.7. The van der Waals surface area contributed by atoms with Crippen LogP contribution in [0.1, 0.15) is 71.4 Å². The average molecular weight is 1700 g/mol. The number of aryl methyl sites for hydroxylation is 1. The third-order valence-electron chi connectivity index (χ3n) is 14.5. The van der Waals surface area contributed by atoms with E-state index in [1.807, 2.05) is 19.1 Å². The molecule has 0 atom stereocenters. The maximum Gasteiger partial charge on any atom is 1.00 e. The van der Waals surface area contributed by atoms with E-state index in [9.17, 15) is 58.7 Å². The Kier molecular flexibility index (Phi) is 28.8. The number of aliphatic hydroxyl groups excluding tert-OH is 1. The van der Waals surface area contributed by atoms with Gasteiger partial charge in [0.05, 0.1) is 108 Å². The Hall–Kier alpha value is -10.7. The fourth-order valence-electron chi connectivity index (χ4n) is 9.72. The average Bonchev–Trinajstić information content (AvgIpc) is 1.59. The Morgan fingerprint density at radius 2 is 0.907 bits per heavy atom. The van der Waals surface area contributed by atoms with Gasteiger partial charge in [0.25, 0.3) is 23.0 Å². The smallest absolute Gasteiger partial charge is 0.870 e. The number of aromatic nitrogens is 12. The molecule has 0 fully saturated rings. The van der Waals surface area contributed by atoms with Crippen molar-refractivity contribution in [2.75, 3.05) is 39.0 Å². The van der Waals surface area contributed by atoms with Gasteiger partial charge >= 0.3 is 37.4 Å². The summed E-state index contributed by atoms with van der Waals surface area (Å²) < 4.78 is 143. The van der Waals surface area contributed by atoms with Crippen molar-refractivity contribution in [3.63, 3.8) is 0 Å². The molecule has 13 aromatic rings. The molecule has 0 unspecified atom stereocenters. The summed E-state index contributed by atoms with van der Waals surface area (Å²) >= 11 is 15.2. The third-order valence-corrected chi connectivity index (χ3v) is 16.8. The second-order valence-corrected chi connectivity index (χ2v) is 24.3. The van der Waals surface area contributed by atoms with Crippen LogP contribution in [0.5, 0.6) is 17.2 Å². The fourth-order valence-corrected chi connectivity index (χ4v) is 11.3. The number of hydrogen-bond acceptors (Lipinski definition) is 18. The summed E-state index contributed by atoms with van der Waals surface area (Å²) in [4.78, 5) is 84.8. The first-order valence-corrected chi connectivity index (χ1v) is 33.1. The van der Waals surface area contributed by atoms with Gasteiger partial charge in [-0.1, -0.05) is 54.6 Å². The summed E-state index contributed by atoms with van der Waals surface area (Å²) in [6.07, 6.45) is -7.40. The Morgan fingerprint density at radius 1 is 0.528 bits per heavy atom. The number of amides is 2. The number of halogens is 13. The molecule has 0 bridgehead atoms. The number of methoxy groups -OCH3 is 3. The van der Waals surface area contributed by atoms with Crippen LogP contribution in [0.4, 0.5) is 51.1 Å². The molecule has 24 nitrogen and oxygen atoms in total. The maximum atomic E-state index is 14.1. The second-order valence-electron chi connectivity index (χ2n) is 21.4. The molecule has 5 N–H and O–H groups in total. The van der Waals surface area contributed by atoms with Crippen LogP contribution in [-0.2, 0) is 18.5 Å². The van der Waals surface area contributed by atoms with Crippen LogP contribution >= 0.6 is 59.4 Å². The van der Waals surface area contributed by atoms with Gasteiger partial charge in [0.2, 0.25) is 17.5 Å². The molecular formula is C70H53Br3ClF9LiN15O9. The standard InChI is InChI=1S/C27H16Br2F3N5O3.C20H13BrF3N5O2.C13H10F3N5O.C8H7ClO.C2H6O.Li.H2O/c1-40-15-10-11-21-20(12-15)34-26(27(30,31)32)37(21)23-14-36(25(39)17-7-3-5-9-19(17)29)22(13-33-23)35-24(38)16-6-2-4-8-18(16)28;1-31-11-6-7-15-14(8-11)27-19(20(22,23)24)29(15)17-10-25-16(9-26-17)28-18(30)12-4-2-3-5-13(12)21;1-22-7-2-3-9-8(4-7)20-12(13(14,15)16)21(9)11-6-18-10(17)5-19-11;1-6-4-2-3-5-7(6)8(9)10;1-2-3;;/h2-14H,1H3;2-10H,1H3,(H,25,28,30);2-6H,1H3,(H2,17,18);2-5H,1H3;3H,2H2,1H3;;1H2/q;;;;;+1;/p-1.